The monoisotopic (exact) mass is 439 g/mol. The third-order valence-electron chi connectivity index (χ3n) is 4.22. The van der Waals surface area contributed by atoms with Crippen molar-refractivity contribution in [2.45, 2.75) is 59.3 Å². The van der Waals surface area contributed by atoms with E-state index >= 15 is 0 Å². The third-order valence-corrected chi connectivity index (χ3v) is 4.22. The molecule has 1 aliphatic rings. The number of nitrogens with zero attached hydrogens (tertiary/aromatic N) is 3. The van der Waals surface area contributed by atoms with Crippen LogP contribution in [-0.2, 0) is 9.53 Å². The van der Waals surface area contributed by atoms with Crippen LogP contribution in [0.1, 0.15) is 70.8 Å². The number of hydrogen-bond donors (Lipinski definition) is 1. The van der Waals surface area contributed by atoms with Crippen LogP contribution < -0.4 is 4.90 Å². The van der Waals surface area contributed by atoms with Gasteiger partial charge in [-0.1, -0.05) is 45.1 Å². The van der Waals surface area contributed by atoms with Crippen molar-refractivity contribution in [2.75, 3.05) is 25.1 Å². The van der Waals surface area contributed by atoms with Crippen molar-refractivity contribution in [2.24, 2.45) is 0 Å². The quantitative estimate of drug-likeness (QED) is 0.303. The highest BCUT2D eigenvalue weighted by Gasteiger charge is 2.20. The van der Waals surface area contributed by atoms with Gasteiger partial charge < -0.3 is 14.7 Å². The lowest BCUT2D eigenvalue weighted by atomic mass is 10.1. The molecule has 0 aromatic carbocycles. The minimum Gasteiger partial charge on any atom is -0.502 e. The van der Waals surface area contributed by atoms with E-state index in [1.807, 2.05) is 24.3 Å². The summed E-state index contributed by atoms with van der Waals surface area (Å²) in [4.78, 5) is 18.6. The van der Waals surface area contributed by atoms with E-state index in [0.717, 1.165) is 56.5 Å². The van der Waals surface area contributed by atoms with E-state index in [9.17, 15) is 8.78 Å². The molecule has 1 aromatic heterocycles. The van der Waals surface area contributed by atoms with E-state index in [1.54, 1.807) is 14.0 Å². The second kappa shape index (κ2) is 17.0. The van der Waals surface area contributed by atoms with Crippen molar-refractivity contribution in [1.82, 2.24) is 9.97 Å². The number of allylic oxidation sites excluding steroid dienone is 5. The fraction of sp³-hybridized carbons (Fsp3) is 0.522. The zero-order chi connectivity index (χ0) is 23.6. The Morgan fingerprint density at radius 3 is 2.35 bits per heavy atom. The molecule has 0 aliphatic carbocycles. The third kappa shape index (κ3) is 11.9. The highest BCUT2D eigenvalue weighted by molar-refractivity contribution is 5.66. The van der Waals surface area contributed by atoms with Crippen LogP contribution in [0.3, 0.4) is 0 Å². The summed E-state index contributed by atoms with van der Waals surface area (Å²) in [5.41, 5.74) is 1.61. The Labute approximate surface area is 184 Å². The van der Waals surface area contributed by atoms with Gasteiger partial charge in [0.25, 0.3) is 12.9 Å². The Balaban J connectivity index is 0.000000968. The van der Waals surface area contributed by atoms with E-state index in [4.69, 9.17) is 9.90 Å². The molecule has 2 heterocycles. The van der Waals surface area contributed by atoms with Crippen LogP contribution in [0.5, 0.6) is 0 Å². The van der Waals surface area contributed by atoms with Crippen molar-refractivity contribution in [1.29, 1.82) is 0 Å². The molecule has 1 aromatic rings. The molecule has 31 heavy (non-hydrogen) atoms. The molecule has 1 N–H and O–H groups in total. The number of carbonyl (C=O) groups is 1. The predicted molar refractivity (Wildman–Crippen MR) is 121 cm³/mol. The number of hydrogen-bond acceptors (Lipinski definition) is 5. The zero-order valence-electron chi connectivity index (χ0n) is 19.0. The maximum Gasteiger partial charge on any atom is 0.297 e. The van der Waals surface area contributed by atoms with Crippen LogP contribution in [0, 0.1) is 0 Å². The minimum absolute atomic E-state index is 0.250. The number of carboxylic acid groups (broad SMARTS) is 1. The highest BCUT2D eigenvalue weighted by atomic mass is 19.3. The molecule has 1 aliphatic heterocycles. The molecule has 0 amide bonds. The average molecular weight is 440 g/mol. The molecule has 1 fully saturated rings. The number of ether oxygens (including phenoxy) is 1. The molecule has 0 atom stereocenters. The van der Waals surface area contributed by atoms with Gasteiger partial charge in [0.15, 0.2) is 5.82 Å². The molecular weight excluding hydrogens is 404 g/mol. The van der Waals surface area contributed by atoms with Crippen molar-refractivity contribution in [3.63, 3.8) is 0 Å². The number of anilines is 1. The molecule has 1 saturated heterocycles. The van der Waals surface area contributed by atoms with Gasteiger partial charge in [-0.15, -0.1) is 0 Å². The Hall–Kier alpha value is -2.77. The first-order valence-corrected chi connectivity index (χ1v) is 10.4. The van der Waals surface area contributed by atoms with Gasteiger partial charge in [-0.2, -0.15) is 0 Å². The first-order valence-electron chi connectivity index (χ1n) is 10.4. The van der Waals surface area contributed by atoms with E-state index in [1.165, 1.54) is 0 Å². The number of methoxy groups -OCH3 is 1. The van der Waals surface area contributed by atoms with E-state index in [2.05, 4.69) is 40.0 Å². The molecule has 2 rings (SSSR count). The maximum absolute atomic E-state index is 13.2. The van der Waals surface area contributed by atoms with Gasteiger partial charge in [-0.25, -0.2) is 18.7 Å². The highest BCUT2D eigenvalue weighted by Crippen LogP contribution is 2.27. The SMILES string of the molecule is C=C(C)OC.CC/C=C/C=C(\CCC)c1cc(N2CCCC2)nc(C(F)F)n1.O=CO. The lowest BCUT2D eigenvalue weighted by Gasteiger charge is -2.18. The van der Waals surface area contributed by atoms with Gasteiger partial charge in [-0.3, -0.25) is 4.79 Å². The second-order valence-electron chi connectivity index (χ2n) is 6.75. The van der Waals surface area contributed by atoms with Crippen molar-refractivity contribution < 1.29 is 23.4 Å². The standard InChI is InChI=1S/C18H25F2N3.C4H8O.CH2O2/c1-3-5-6-10-14(9-4-2)15-13-16(23-11-7-8-12-23)22-18(21-15)17(19)20;1-4(2)5-3;2-1-3/h5-6,10,13,17H,3-4,7-9,11-12H2,1-2H3;1H2,2-3H3;1H,(H,2,3)/b6-5+,14-10+;;. The average Bonchev–Trinajstić information content (AvgIpc) is 3.29. The molecule has 0 radical (unpaired) electrons. The number of alkyl halides is 2. The van der Waals surface area contributed by atoms with Crippen LogP contribution in [0.15, 0.2) is 36.6 Å². The van der Waals surface area contributed by atoms with Crippen molar-refractivity contribution >= 4 is 17.9 Å². The van der Waals surface area contributed by atoms with Gasteiger partial charge in [-0.05, 0) is 38.2 Å². The summed E-state index contributed by atoms with van der Waals surface area (Å²) in [6.45, 7) is 10.9. The molecule has 8 heteroatoms. The lowest BCUT2D eigenvalue weighted by Crippen LogP contribution is -2.20. The van der Waals surface area contributed by atoms with Gasteiger partial charge in [0.2, 0.25) is 0 Å². The predicted octanol–water partition coefficient (Wildman–Crippen LogP) is 6.03. The first-order chi connectivity index (χ1) is 14.8. The summed E-state index contributed by atoms with van der Waals surface area (Å²) in [6.07, 6.45) is 8.23. The number of aromatic nitrogens is 2. The Bertz CT molecular complexity index is 716. The number of rotatable bonds is 8. The van der Waals surface area contributed by atoms with Crippen LogP contribution in [0.4, 0.5) is 14.6 Å². The summed E-state index contributed by atoms with van der Waals surface area (Å²) in [6, 6.07) is 1.86. The Morgan fingerprint density at radius 1 is 1.32 bits per heavy atom. The molecule has 0 spiro atoms. The van der Waals surface area contributed by atoms with Crippen LogP contribution >= 0.6 is 0 Å². The van der Waals surface area contributed by atoms with Crippen molar-refractivity contribution in [3.8, 4) is 0 Å². The van der Waals surface area contributed by atoms with Crippen LogP contribution in [-0.4, -0.2) is 41.7 Å². The molecular formula is C23H35F2N3O3. The van der Waals surface area contributed by atoms with Gasteiger partial charge in [0.05, 0.1) is 18.6 Å². The lowest BCUT2D eigenvalue weighted by molar-refractivity contribution is -0.122. The number of halogens is 2. The topological polar surface area (TPSA) is 75.5 Å². The molecule has 6 nitrogen and oxygen atoms in total. The van der Waals surface area contributed by atoms with Gasteiger partial charge in [0, 0.05) is 19.2 Å². The Kier molecular flexibility index (Phi) is 15.5. The van der Waals surface area contributed by atoms with Gasteiger partial charge in [0.1, 0.15) is 5.82 Å². The summed E-state index contributed by atoms with van der Waals surface area (Å²) < 4.78 is 30.9. The van der Waals surface area contributed by atoms with Crippen LogP contribution in [0.25, 0.3) is 5.57 Å². The van der Waals surface area contributed by atoms with Gasteiger partial charge >= 0.3 is 0 Å². The summed E-state index contributed by atoms with van der Waals surface area (Å²) >= 11 is 0. The summed E-state index contributed by atoms with van der Waals surface area (Å²) in [5.74, 6) is 1.01. The fourth-order valence-electron chi connectivity index (χ4n) is 2.71. The second-order valence-corrected chi connectivity index (χ2v) is 6.75. The van der Waals surface area contributed by atoms with E-state index in [-0.39, 0.29) is 12.3 Å². The smallest absolute Gasteiger partial charge is 0.297 e. The Morgan fingerprint density at radius 2 is 1.90 bits per heavy atom. The molecule has 174 valence electrons. The summed E-state index contributed by atoms with van der Waals surface area (Å²) in [5, 5.41) is 6.89. The summed E-state index contributed by atoms with van der Waals surface area (Å²) in [7, 11) is 1.60. The van der Waals surface area contributed by atoms with E-state index < -0.39 is 6.43 Å². The molecule has 0 unspecified atom stereocenters. The van der Waals surface area contributed by atoms with Crippen molar-refractivity contribution in [3.05, 3.63) is 48.2 Å². The minimum atomic E-state index is -2.65. The maximum atomic E-state index is 13.2. The molecule has 0 saturated carbocycles. The van der Waals surface area contributed by atoms with Crippen LogP contribution in [0.2, 0.25) is 0 Å². The zero-order valence-corrected chi connectivity index (χ0v) is 19.0. The largest absolute Gasteiger partial charge is 0.502 e. The normalized spacial score (nSPS) is 13.4. The fourth-order valence-corrected chi connectivity index (χ4v) is 2.71. The molecule has 0 bridgehead atoms. The van der Waals surface area contributed by atoms with E-state index in [0.29, 0.717) is 11.5 Å². The first kappa shape index (κ1) is 28.2.